The molecule has 0 bridgehead atoms. The maximum absolute atomic E-state index is 12.9. The lowest BCUT2D eigenvalue weighted by Crippen LogP contribution is -2.27. The molecule has 0 spiro atoms. The summed E-state index contributed by atoms with van der Waals surface area (Å²) in [6, 6.07) is 13.7. The third kappa shape index (κ3) is 4.29. The Labute approximate surface area is 174 Å². The third-order valence-electron chi connectivity index (χ3n) is 4.30. The van der Waals surface area contributed by atoms with E-state index in [9.17, 15) is 4.79 Å². The fourth-order valence-electron chi connectivity index (χ4n) is 3.01. The largest absolute Gasteiger partial charge is 0.493 e. The van der Waals surface area contributed by atoms with Crippen molar-refractivity contribution in [3.05, 3.63) is 76.7 Å². The zero-order chi connectivity index (χ0) is 20.1. The molecule has 0 aromatic heterocycles. The Morgan fingerprint density at radius 1 is 1.18 bits per heavy atom. The zero-order valence-corrected chi connectivity index (χ0v) is 17.4. The molecular formula is C22H21NO3S2. The highest BCUT2D eigenvalue weighted by Crippen LogP contribution is 2.37. The van der Waals surface area contributed by atoms with Gasteiger partial charge in [0, 0.05) is 5.56 Å². The van der Waals surface area contributed by atoms with Gasteiger partial charge in [0.15, 0.2) is 11.5 Å². The first-order chi connectivity index (χ1) is 13.6. The Morgan fingerprint density at radius 3 is 2.57 bits per heavy atom. The summed E-state index contributed by atoms with van der Waals surface area (Å²) in [6.07, 6.45) is 4.29. The molecule has 2 aromatic rings. The highest BCUT2D eigenvalue weighted by Gasteiger charge is 2.32. The van der Waals surface area contributed by atoms with E-state index in [-0.39, 0.29) is 5.91 Å². The summed E-state index contributed by atoms with van der Waals surface area (Å²) < 4.78 is 11.5. The van der Waals surface area contributed by atoms with Crippen LogP contribution < -0.4 is 9.47 Å². The normalized spacial score (nSPS) is 15.2. The topological polar surface area (TPSA) is 38.8 Å². The number of thiocarbonyl (C=S) groups is 1. The molecule has 28 heavy (non-hydrogen) atoms. The molecule has 0 saturated carbocycles. The van der Waals surface area contributed by atoms with Crippen molar-refractivity contribution in [3.8, 4) is 11.5 Å². The first-order valence-corrected chi connectivity index (χ1v) is 9.95. The first kappa shape index (κ1) is 20.2. The molecule has 0 N–H and O–H groups in total. The first-order valence-electron chi connectivity index (χ1n) is 8.72. The molecule has 0 aliphatic carbocycles. The summed E-state index contributed by atoms with van der Waals surface area (Å²) >= 11 is 6.75. The second-order valence-corrected chi connectivity index (χ2v) is 7.84. The molecule has 1 saturated heterocycles. The van der Waals surface area contributed by atoms with Gasteiger partial charge in [-0.15, -0.1) is 6.58 Å². The minimum absolute atomic E-state index is 0.0843. The molecule has 1 heterocycles. The van der Waals surface area contributed by atoms with E-state index in [0.717, 1.165) is 16.7 Å². The molecule has 2 aromatic carbocycles. The van der Waals surface area contributed by atoms with Gasteiger partial charge in [-0.05, 0) is 35.8 Å². The lowest BCUT2D eigenvalue weighted by Gasteiger charge is -2.14. The van der Waals surface area contributed by atoms with Crippen LogP contribution in [-0.2, 0) is 17.8 Å². The predicted octanol–water partition coefficient (Wildman–Crippen LogP) is 4.83. The zero-order valence-electron chi connectivity index (χ0n) is 15.8. The molecule has 1 aliphatic heterocycles. The van der Waals surface area contributed by atoms with E-state index in [4.69, 9.17) is 21.7 Å². The number of ether oxygens (including phenoxy) is 2. The number of rotatable bonds is 7. The van der Waals surface area contributed by atoms with Gasteiger partial charge in [-0.1, -0.05) is 60.4 Å². The molecule has 144 valence electrons. The van der Waals surface area contributed by atoms with E-state index in [2.05, 4.69) is 6.58 Å². The Hall–Kier alpha value is -2.57. The lowest BCUT2D eigenvalue weighted by molar-refractivity contribution is -0.122. The van der Waals surface area contributed by atoms with Crippen molar-refractivity contribution in [2.24, 2.45) is 0 Å². The minimum Gasteiger partial charge on any atom is -0.493 e. The maximum Gasteiger partial charge on any atom is 0.266 e. The third-order valence-corrected chi connectivity index (χ3v) is 5.68. The number of allylic oxidation sites excluding steroid dienone is 1. The predicted molar refractivity (Wildman–Crippen MR) is 119 cm³/mol. The Balaban J connectivity index is 1.91. The fraction of sp³-hybridized carbons (Fsp3) is 0.182. The van der Waals surface area contributed by atoms with Crippen molar-refractivity contribution in [2.45, 2.75) is 13.0 Å². The van der Waals surface area contributed by atoms with Crippen LogP contribution in [0.2, 0.25) is 0 Å². The van der Waals surface area contributed by atoms with E-state index in [1.54, 1.807) is 25.2 Å². The molecule has 4 nitrogen and oxygen atoms in total. The summed E-state index contributed by atoms with van der Waals surface area (Å²) in [5, 5.41) is 0. The van der Waals surface area contributed by atoms with E-state index in [1.165, 1.54) is 11.8 Å². The van der Waals surface area contributed by atoms with Crippen molar-refractivity contribution in [3.63, 3.8) is 0 Å². The number of methoxy groups -OCH3 is 2. The number of hydrogen-bond donors (Lipinski definition) is 0. The minimum atomic E-state index is -0.0843. The van der Waals surface area contributed by atoms with Crippen LogP contribution >= 0.6 is 24.0 Å². The highest BCUT2D eigenvalue weighted by molar-refractivity contribution is 8.26. The van der Waals surface area contributed by atoms with E-state index in [0.29, 0.717) is 33.7 Å². The number of thioether (sulfide) groups is 1. The van der Waals surface area contributed by atoms with E-state index in [1.807, 2.05) is 48.5 Å². The number of carbonyl (C=O) groups excluding carboxylic acids is 1. The molecule has 1 fully saturated rings. The van der Waals surface area contributed by atoms with Crippen molar-refractivity contribution >= 4 is 40.3 Å². The van der Waals surface area contributed by atoms with Gasteiger partial charge >= 0.3 is 0 Å². The summed E-state index contributed by atoms with van der Waals surface area (Å²) in [7, 11) is 3.21. The SMILES string of the molecule is C=CCc1cc(/C=C2/SC(=S)N(Cc3ccccc3)C2=O)cc(OC)c1OC. The number of nitrogens with zero attached hydrogens (tertiary/aromatic N) is 1. The molecule has 1 aliphatic rings. The van der Waals surface area contributed by atoms with Crippen molar-refractivity contribution in [1.29, 1.82) is 0 Å². The second kappa shape index (κ2) is 9.08. The van der Waals surface area contributed by atoms with Crippen LogP contribution in [0.3, 0.4) is 0 Å². The Morgan fingerprint density at radius 2 is 1.93 bits per heavy atom. The van der Waals surface area contributed by atoms with Gasteiger partial charge in [0.2, 0.25) is 0 Å². The molecule has 0 atom stereocenters. The van der Waals surface area contributed by atoms with Crippen LogP contribution in [0.5, 0.6) is 11.5 Å². The highest BCUT2D eigenvalue weighted by atomic mass is 32.2. The van der Waals surface area contributed by atoms with Crippen molar-refractivity contribution in [1.82, 2.24) is 4.90 Å². The van der Waals surface area contributed by atoms with Gasteiger partial charge < -0.3 is 9.47 Å². The molecule has 6 heteroatoms. The van der Waals surface area contributed by atoms with Crippen LogP contribution in [0.1, 0.15) is 16.7 Å². The van der Waals surface area contributed by atoms with Gasteiger partial charge in [-0.25, -0.2) is 0 Å². The number of carbonyl (C=O) groups is 1. The van der Waals surface area contributed by atoms with Crippen LogP contribution in [0, 0.1) is 0 Å². The maximum atomic E-state index is 12.9. The van der Waals surface area contributed by atoms with Gasteiger partial charge in [-0.3, -0.25) is 9.69 Å². The van der Waals surface area contributed by atoms with Crippen LogP contribution in [0.25, 0.3) is 6.08 Å². The number of hydrogen-bond acceptors (Lipinski definition) is 5. The van der Waals surface area contributed by atoms with Crippen molar-refractivity contribution in [2.75, 3.05) is 14.2 Å². The standard InChI is InChI=1S/C22H21NO3S2/c1-4-8-17-11-16(12-18(25-2)20(17)26-3)13-19-21(24)23(22(27)28-19)14-15-9-6-5-7-10-15/h4-7,9-13H,1,8,14H2,2-3H3/b19-13+. The van der Waals surface area contributed by atoms with Crippen LogP contribution in [0.15, 0.2) is 60.0 Å². The molecule has 3 rings (SSSR count). The van der Waals surface area contributed by atoms with Gasteiger partial charge in [0.1, 0.15) is 4.32 Å². The fourth-order valence-corrected chi connectivity index (χ4v) is 4.27. The quantitative estimate of drug-likeness (QED) is 0.371. The van der Waals surface area contributed by atoms with Gasteiger partial charge in [0.25, 0.3) is 5.91 Å². The van der Waals surface area contributed by atoms with Gasteiger partial charge in [0.05, 0.1) is 25.7 Å². The molecular weight excluding hydrogens is 390 g/mol. The monoisotopic (exact) mass is 411 g/mol. The smallest absolute Gasteiger partial charge is 0.266 e. The Kier molecular flexibility index (Phi) is 6.54. The van der Waals surface area contributed by atoms with E-state index >= 15 is 0 Å². The van der Waals surface area contributed by atoms with Crippen molar-refractivity contribution < 1.29 is 14.3 Å². The van der Waals surface area contributed by atoms with E-state index < -0.39 is 0 Å². The van der Waals surface area contributed by atoms with Gasteiger partial charge in [-0.2, -0.15) is 0 Å². The molecule has 1 amide bonds. The Bertz CT molecular complexity index is 938. The number of benzene rings is 2. The summed E-state index contributed by atoms with van der Waals surface area (Å²) in [5.74, 6) is 1.21. The lowest BCUT2D eigenvalue weighted by atomic mass is 10.0. The summed E-state index contributed by atoms with van der Waals surface area (Å²) in [5.41, 5.74) is 2.84. The average Bonchev–Trinajstić information content (AvgIpc) is 2.96. The summed E-state index contributed by atoms with van der Waals surface area (Å²) in [6.45, 7) is 4.27. The average molecular weight is 412 g/mol. The van der Waals surface area contributed by atoms with Crippen LogP contribution in [-0.4, -0.2) is 29.3 Å². The second-order valence-electron chi connectivity index (χ2n) is 6.16. The molecule has 0 unspecified atom stereocenters. The summed E-state index contributed by atoms with van der Waals surface area (Å²) in [4.78, 5) is 15.1. The molecule has 0 radical (unpaired) electrons. The van der Waals surface area contributed by atoms with Crippen LogP contribution in [0.4, 0.5) is 0 Å². The number of amides is 1.